The maximum Gasteiger partial charge on any atom is 0.328 e. The summed E-state index contributed by atoms with van der Waals surface area (Å²) in [5, 5.41) is 29.0. The Morgan fingerprint density at radius 2 is 1.91 bits per heavy atom. The first-order valence-corrected chi connectivity index (χ1v) is 7.58. The molecule has 3 heterocycles. The second-order valence-electron chi connectivity index (χ2n) is 5.85. The van der Waals surface area contributed by atoms with Crippen LogP contribution in [-0.4, -0.2) is 63.0 Å². The minimum absolute atomic E-state index is 0.0543. The summed E-state index contributed by atoms with van der Waals surface area (Å²) in [4.78, 5) is 26.4. The van der Waals surface area contributed by atoms with E-state index in [1.54, 1.807) is 0 Å². The molecular weight excluding hydrogens is 308 g/mol. The SMILES string of the molecule is O=c1[nH]c(=O)n(C2CCOCC2)cc1[C@@H]1O[C@H](CO)C(O)C1O. The van der Waals surface area contributed by atoms with Crippen molar-refractivity contribution >= 4 is 0 Å². The highest BCUT2D eigenvalue weighted by atomic mass is 16.6. The van der Waals surface area contributed by atoms with Crippen LogP contribution in [0, 0.1) is 0 Å². The zero-order valence-electron chi connectivity index (χ0n) is 12.4. The molecule has 0 amide bonds. The highest BCUT2D eigenvalue weighted by Crippen LogP contribution is 2.32. The largest absolute Gasteiger partial charge is 0.394 e. The van der Waals surface area contributed by atoms with Gasteiger partial charge in [0.1, 0.15) is 24.4 Å². The van der Waals surface area contributed by atoms with Gasteiger partial charge < -0.3 is 24.8 Å². The lowest BCUT2D eigenvalue weighted by molar-refractivity contribution is -0.0234. The third-order valence-corrected chi connectivity index (χ3v) is 4.43. The Morgan fingerprint density at radius 1 is 1.22 bits per heavy atom. The molecule has 1 aromatic rings. The Kier molecular flexibility index (Phi) is 4.64. The summed E-state index contributed by atoms with van der Waals surface area (Å²) in [6.45, 7) is 0.574. The van der Waals surface area contributed by atoms with Crippen LogP contribution < -0.4 is 11.2 Å². The van der Waals surface area contributed by atoms with Gasteiger partial charge in [0.15, 0.2) is 0 Å². The van der Waals surface area contributed by atoms with E-state index in [0.29, 0.717) is 26.1 Å². The van der Waals surface area contributed by atoms with E-state index in [1.165, 1.54) is 10.8 Å². The van der Waals surface area contributed by atoms with Crippen molar-refractivity contribution in [3.63, 3.8) is 0 Å². The monoisotopic (exact) mass is 328 g/mol. The number of aliphatic hydroxyl groups is 3. The zero-order chi connectivity index (χ0) is 16.6. The maximum atomic E-state index is 12.1. The van der Waals surface area contributed by atoms with Crippen LogP contribution in [0.5, 0.6) is 0 Å². The number of aromatic amines is 1. The lowest BCUT2D eigenvalue weighted by Gasteiger charge is -2.25. The van der Waals surface area contributed by atoms with Crippen molar-refractivity contribution < 1.29 is 24.8 Å². The molecule has 2 unspecified atom stereocenters. The van der Waals surface area contributed by atoms with Gasteiger partial charge in [-0.2, -0.15) is 0 Å². The Labute approximate surface area is 131 Å². The number of aliphatic hydroxyl groups excluding tert-OH is 3. The van der Waals surface area contributed by atoms with E-state index in [0.717, 1.165) is 0 Å². The summed E-state index contributed by atoms with van der Waals surface area (Å²) in [5.74, 6) is 0. The minimum Gasteiger partial charge on any atom is -0.394 e. The van der Waals surface area contributed by atoms with E-state index in [-0.39, 0.29) is 11.6 Å². The number of ether oxygens (including phenoxy) is 2. The molecule has 23 heavy (non-hydrogen) atoms. The van der Waals surface area contributed by atoms with Gasteiger partial charge in [0, 0.05) is 25.5 Å². The molecule has 4 atom stereocenters. The molecule has 0 spiro atoms. The molecule has 2 aliphatic heterocycles. The van der Waals surface area contributed by atoms with Crippen LogP contribution in [0.3, 0.4) is 0 Å². The number of aromatic nitrogens is 2. The summed E-state index contributed by atoms with van der Waals surface area (Å²) >= 11 is 0. The summed E-state index contributed by atoms with van der Waals surface area (Å²) in [7, 11) is 0. The van der Waals surface area contributed by atoms with Gasteiger partial charge >= 0.3 is 5.69 Å². The number of hydrogen-bond acceptors (Lipinski definition) is 7. The number of rotatable bonds is 3. The molecule has 0 aromatic carbocycles. The minimum atomic E-state index is -1.35. The van der Waals surface area contributed by atoms with Crippen LogP contribution in [0.2, 0.25) is 0 Å². The summed E-state index contributed by atoms with van der Waals surface area (Å²) in [5.41, 5.74) is -1.15. The molecule has 128 valence electrons. The van der Waals surface area contributed by atoms with Crippen LogP contribution >= 0.6 is 0 Å². The topological polar surface area (TPSA) is 134 Å². The number of hydrogen-bond donors (Lipinski definition) is 4. The molecule has 0 aliphatic carbocycles. The second-order valence-corrected chi connectivity index (χ2v) is 5.85. The van der Waals surface area contributed by atoms with Crippen molar-refractivity contribution in [3.05, 3.63) is 32.6 Å². The van der Waals surface area contributed by atoms with Gasteiger partial charge in [-0.3, -0.25) is 14.3 Å². The predicted octanol–water partition coefficient (Wildman–Crippen LogP) is -1.96. The second kappa shape index (κ2) is 6.54. The van der Waals surface area contributed by atoms with E-state index >= 15 is 0 Å². The van der Waals surface area contributed by atoms with E-state index in [9.17, 15) is 19.8 Å². The first-order chi connectivity index (χ1) is 11.0. The molecule has 2 fully saturated rings. The standard InChI is InChI=1S/C14H20N2O7/c17-6-9-10(18)11(19)12(23-9)8-5-16(14(21)15-13(8)20)7-1-3-22-4-2-7/h5,7,9-12,17-19H,1-4,6H2,(H,15,20,21)/t9-,10?,11?,12+/m1/s1. The Hall–Kier alpha value is -1.52. The molecule has 4 N–H and O–H groups in total. The van der Waals surface area contributed by atoms with Gasteiger partial charge in [0.05, 0.1) is 12.2 Å². The van der Waals surface area contributed by atoms with Crippen molar-refractivity contribution in [2.24, 2.45) is 0 Å². The van der Waals surface area contributed by atoms with Crippen molar-refractivity contribution in [1.29, 1.82) is 0 Å². The lowest BCUT2D eigenvalue weighted by atomic mass is 10.0. The fraction of sp³-hybridized carbons (Fsp3) is 0.714. The summed E-state index contributed by atoms with van der Waals surface area (Å²) in [6.07, 6.45) is -2.07. The third-order valence-electron chi connectivity index (χ3n) is 4.43. The molecule has 3 rings (SSSR count). The fourth-order valence-corrected chi connectivity index (χ4v) is 3.09. The zero-order valence-corrected chi connectivity index (χ0v) is 12.4. The molecule has 0 saturated carbocycles. The molecule has 1 aromatic heterocycles. The van der Waals surface area contributed by atoms with E-state index in [4.69, 9.17) is 14.6 Å². The molecule has 9 nitrogen and oxygen atoms in total. The Balaban J connectivity index is 1.96. The van der Waals surface area contributed by atoms with Crippen molar-refractivity contribution in [2.75, 3.05) is 19.8 Å². The molecule has 0 radical (unpaired) electrons. The van der Waals surface area contributed by atoms with Gasteiger partial charge in [-0.25, -0.2) is 4.79 Å². The van der Waals surface area contributed by atoms with E-state index in [2.05, 4.69) is 4.98 Å². The molecule has 2 saturated heterocycles. The average Bonchev–Trinajstić information content (AvgIpc) is 2.84. The lowest BCUT2D eigenvalue weighted by Crippen LogP contribution is -2.38. The van der Waals surface area contributed by atoms with Crippen LogP contribution in [0.25, 0.3) is 0 Å². The van der Waals surface area contributed by atoms with Gasteiger partial charge in [0.25, 0.3) is 5.56 Å². The van der Waals surface area contributed by atoms with Gasteiger partial charge in [-0.05, 0) is 12.8 Å². The first-order valence-electron chi connectivity index (χ1n) is 7.58. The number of nitrogens with one attached hydrogen (secondary N) is 1. The summed E-state index contributed by atoms with van der Waals surface area (Å²) < 4.78 is 12.0. The Morgan fingerprint density at radius 3 is 2.52 bits per heavy atom. The van der Waals surface area contributed by atoms with Gasteiger partial charge in [-0.15, -0.1) is 0 Å². The average molecular weight is 328 g/mol. The smallest absolute Gasteiger partial charge is 0.328 e. The summed E-state index contributed by atoms with van der Waals surface area (Å²) in [6, 6.07) is -0.107. The van der Waals surface area contributed by atoms with Gasteiger partial charge in [0.2, 0.25) is 0 Å². The number of nitrogens with zero attached hydrogens (tertiary/aromatic N) is 1. The van der Waals surface area contributed by atoms with Crippen LogP contribution in [0.4, 0.5) is 0 Å². The maximum absolute atomic E-state index is 12.1. The number of H-pyrrole nitrogens is 1. The van der Waals surface area contributed by atoms with Crippen LogP contribution in [0.1, 0.15) is 30.6 Å². The third kappa shape index (κ3) is 2.98. The van der Waals surface area contributed by atoms with E-state index in [1.807, 2.05) is 0 Å². The van der Waals surface area contributed by atoms with E-state index < -0.39 is 42.3 Å². The van der Waals surface area contributed by atoms with Crippen LogP contribution in [0.15, 0.2) is 15.8 Å². The molecular formula is C14H20N2O7. The quantitative estimate of drug-likeness (QED) is 0.506. The van der Waals surface area contributed by atoms with Crippen LogP contribution in [-0.2, 0) is 9.47 Å². The highest BCUT2D eigenvalue weighted by Gasteiger charge is 2.44. The van der Waals surface area contributed by atoms with Crippen molar-refractivity contribution in [2.45, 2.75) is 43.3 Å². The van der Waals surface area contributed by atoms with Crippen molar-refractivity contribution in [3.8, 4) is 0 Å². The highest BCUT2D eigenvalue weighted by molar-refractivity contribution is 5.14. The predicted molar refractivity (Wildman–Crippen MR) is 77.1 cm³/mol. The van der Waals surface area contributed by atoms with Gasteiger partial charge in [-0.1, -0.05) is 0 Å². The molecule has 2 aliphatic rings. The normalized spacial score (nSPS) is 32.3. The molecule has 0 bridgehead atoms. The first kappa shape index (κ1) is 16.3. The Bertz CT molecular complexity index is 664. The fourth-order valence-electron chi connectivity index (χ4n) is 3.09. The molecule has 9 heteroatoms. The van der Waals surface area contributed by atoms with Crippen molar-refractivity contribution in [1.82, 2.24) is 9.55 Å².